The van der Waals surface area contributed by atoms with Gasteiger partial charge in [0.15, 0.2) is 11.4 Å². The summed E-state index contributed by atoms with van der Waals surface area (Å²) in [5, 5.41) is 27.0. The monoisotopic (exact) mass is 481 g/mol. The minimum atomic E-state index is -1.99. The van der Waals surface area contributed by atoms with Gasteiger partial charge < -0.3 is 9.84 Å². The molecule has 0 saturated carbocycles. The fraction of sp³-hybridized carbons (Fsp3) is 0.0714. The minimum absolute atomic E-state index is 0.118. The molecule has 8 nitrogen and oxygen atoms in total. The summed E-state index contributed by atoms with van der Waals surface area (Å²) in [5.41, 5.74) is 2.14. The highest BCUT2D eigenvalue weighted by molar-refractivity contribution is 5.91. The second-order valence-electron chi connectivity index (χ2n) is 7.90. The molecule has 0 fully saturated rings. The van der Waals surface area contributed by atoms with Crippen molar-refractivity contribution in [3.05, 3.63) is 142 Å². The fourth-order valence-corrected chi connectivity index (χ4v) is 3.65. The lowest BCUT2D eigenvalue weighted by Gasteiger charge is -2.27. The zero-order valence-electron chi connectivity index (χ0n) is 19.2. The van der Waals surface area contributed by atoms with E-state index in [1.165, 1.54) is 18.3 Å². The summed E-state index contributed by atoms with van der Waals surface area (Å²) < 4.78 is 5.64. The summed E-state index contributed by atoms with van der Waals surface area (Å²) in [6.07, 6.45) is 1.27. The second-order valence-corrected chi connectivity index (χ2v) is 7.90. The Balaban J connectivity index is 1.52. The van der Waals surface area contributed by atoms with E-state index in [2.05, 4.69) is 10.5 Å². The van der Waals surface area contributed by atoms with Gasteiger partial charge >= 0.3 is 5.69 Å². The van der Waals surface area contributed by atoms with E-state index in [1.54, 1.807) is 66.7 Å². The van der Waals surface area contributed by atoms with Gasteiger partial charge in [0.25, 0.3) is 5.91 Å². The summed E-state index contributed by atoms with van der Waals surface area (Å²) in [6, 6.07) is 30.7. The largest absolute Gasteiger partial charge is 0.482 e. The van der Waals surface area contributed by atoms with Gasteiger partial charge in [0.2, 0.25) is 0 Å². The standard InChI is InChI=1S/C28H23N3O5/c32-27(28(33,23-12-6-2-7-13-23)24-14-8-3-9-15-24)30-29-19-22-16-17-26(25(18-22)31(34)35)36-20-21-10-4-1-5-11-21/h1-19,33H,20H2,(H,30,32)/b29-19-. The number of nitrogens with one attached hydrogen (secondary N) is 1. The topological polar surface area (TPSA) is 114 Å². The number of aliphatic hydroxyl groups is 1. The third-order valence-electron chi connectivity index (χ3n) is 5.51. The first-order valence-corrected chi connectivity index (χ1v) is 11.1. The fourth-order valence-electron chi connectivity index (χ4n) is 3.65. The van der Waals surface area contributed by atoms with Crippen LogP contribution in [0.15, 0.2) is 114 Å². The first kappa shape index (κ1) is 24.3. The zero-order chi connectivity index (χ0) is 25.4. The maximum atomic E-state index is 13.1. The van der Waals surface area contributed by atoms with Crippen LogP contribution in [0.2, 0.25) is 0 Å². The number of hydrazone groups is 1. The number of hydrogen-bond donors (Lipinski definition) is 2. The minimum Gasteiger partial charge on any atom is -0.482 e. The van der Waals surface area contributed by atoms with Crippen molar-refractivity contribution < 1.29 is 19.6 Å². The maximum Gasteiger partial charge on any atom is 0.311 e. The van der Waals surface area contributed by atoms with Crippen LogP contribution in [0.3, 0.4) is 0 Å². The van der Waals surface area contributed by atoms with Gasteiger partial charge in [0, 0.05) is 11.6 Å². The summed E-state index contributed by atoms with van der Waals surface area (Å²) >= 11 is 0. The van der Waals surface area contributed by atoms with Crippen LogP contribution in [-0.4, -0.2) is 22.2 Å². The first-order valence-electron chi connectivity index (χ1n) is 11.1. The molecule has 0 aromatic heterocycles. The van der Waals surface area contributed by atoms with Crippen LogP contribution < -0.4 is 10.2 Å². The Morgan fingerprint density at radius 2 is 1.47 bits per heavy atom. The molecule has 0 aliphatic heterocycles. The molecule has 8 heteroatoms. The molecule has 180 valence electrons. The summed E-state index contributed by atoms with van der Waals surface area (Å²) in [7, 11) is 0. The van der Waals surface area contributed by atoms with E-state index in [1.807, 2.05) is 30.3 Å². The van der Waals surface area contributed by atoms with Crippen molar-refractivity contribution in [1.82, 2.24) is 5.43 Å². The number of rotatable bonds is 9. The lowest BCUT2D eigenvalue weighted by atomic mass is 9.85. The van der Waals surface area contributed by atoms with Crippen molar-refractivity contribution in [3.63, 3.8) is 0 Å². The highest BCUT2D eigenvalue weighted by Gasteiger charge is 2.39. The molecule has 4 rings (SSSR count). The van der Waals surface area contributed by atoms with Crippen molar-refractivity contribution in [2.45, 2.75) is 12.2 Å². The van der Waals surface area contributed by atoms with E-state index in [-0.39, 0.29) is 18.0 Å². The number of ether oxygens (including phenoxy) is 1. The Morgan fingerprint density at radius 1 is 0.917 bits per heavy atom. The molecule has 1 amide bonds. The van der Waals surface area contributed by atoms with Crippen LogP contribution in [0.5, 0.6) is 5.75 Å². The molecule has 2 N–H and O–H groups in total. The van der Waals surface area contributed by atoms with Gasteiger partial charge in [0.1, 0.15) is 6.61 Å². The number of hydrogen-bond acceptors (Lipinski definition) is 6. The number of carbonyl (C=O) groups is 1. The highest BCUT2D eigenvalue weighted by atomic mass is 16.6. The molecular formula is C28H23N3O5. The van der Waals surface area contributed by atoms with Gasteiger partial charge in [-0.25, -0.2) is 5.43 Å². The van der Waals surface area contributed by atoms with Crippen molar-refractivity contribution in [2.75, 3.05) is 0 Å². The van der Waals surface area contributed by atoms with Crippen LogP contribution in [-0.2, 0) is 17.0 Å². The van der Waals surface area contributed by atoms with Crippen LogP contribution >= 0.6 is 0 Å². The van der Waals surface area contributed by atoms with E-state index in [0.29, 0.717) is 16.7 Å². The van der Waals surface area contributed by atoms with Crippen LogP contribution in [0.4, 0.5) is 5.69 Å². The van der Waals surface area contributed by atoms with Gasteiger partial charge in [-0.3, -0.25) is 14.9 Å². The quantitative estimate of drug-likeness (QED) is 0.207. The normalized spacial score (nSPS) is 11.2. The summed E-state index contributed by atoms with van der Waals surface area (Å²) in [4.78, 5) is 24.2. The number of carbonyl (C=O) groups excluding carboxylic acids is 1. The molecule has 0 saturated heterocycles. The SMILES string of the molecule is O=C(N/N=C\c1ccc(OCc2ccccc2)c([N+](=O)[O-])c1)C(O)(c1ccccc1)c1ccccc1. The second kappa shape index (κ2) is 11.1. The molecule has 0 unspecified atom stereocenters. The van der Waals surface area contributed by atoms with Crippen molar-refractivity contribution in [1.29, 1.82) is 0 Å². The molecule has 0 atom stereocenters. The molecule has 4 aromatic carbocycles. The smallest absolute Gasteiger partial charge is 0.311 e. The van der Waals surface area contributed by atoms with E-state index < -0.39 is 16.4 Å². The molecule has 36 heavy (non-hydrogen) atoms. The number of benzene rings is 4. The Hall–Kier alpha value is -4.82. The molecule has 4 aromatic rings. The van der Waals surface area contributed by atoms with E-state index in [4.69, 9.17) is 4.74 Å². The predicted octanol–water partition coefficient (Wildman–Crippen LogP) is 4.56. The third-order valence-corrected chi connectivity index (χ3v) is 5.51. The lowest BCUT2D eigenvalue weighted by Crippen LogP contribution is -2.43. The van der Waals surface area contributed by atoms with Crippen LogP contribution in [0.1, 0.15) is 22.3 Å². The average Bonchev–Trinajstić information content (AvgIpc) is 2.93. The van der Waals surface area contributed by atoms with E-state index >= 15 is 0 Å². The molecule has 0 aliphatic rings. The van der Waals surface area contributed by atoms with Crippen LogP contribution in [0, 0.1) is 10.1 Å². The summed E-state index contributed by atoms with van der Waals surface area (Å²) in [5.74, 6) is -0.652. The van der Waals surface area contributed by atoms with Gasteiger partial charge in [-0.15, -0.1) is 0 Å². The average molecular weight is 482 g/mol. The van der Waals surface area contributed by atoms with Gasteiger partial charge in [-0.05, 0) is 28.8 Å². The maximum absolute atomic E-state index is 13.1. The van der Waals surface area contributed by atoms with Gasteiger partial charge in [-0.1, -0.05) is 91.0 Å². The number of nitro groups is 1. The lowest BCUT2D eigenvalue weighted by molar-refractivity contribution is -0.385. The Kier molecular flexibility index (Phi) is 7.48. The van der Waals surface area contributed by atoms with Crippen molar-refractivity contribution >= 4 is 17.8 Å². The number of nitrogens with zero attached hydrogens (tertiary/aromatic N) is 2. The molecule has 0 aliphatic carbocycles. The summed E-state index contributed by atoms with van der Waals surface area (Å²) in [6.45, 7) is 0.183. The molecule has 0 spiro atoms. The molecular weight excluding hydrogens is 458 g/mol. The van der Waals surface area contributed by atoms with E-state index in [9.17, 15) is 20.0 Å². The van der Waals surface area contributed by atoms with Crippen molar-refractivity contribution in [2.24, 2.45) is 5.10 Å². The Bertz CT molecular complexity index is 1320. The number of nitro benzene ring substituents is 1. The van der Waals surface area contributed by atoms with E-state index in [0.717, 1.165) is 5.56 Å². The molecule has 0 bridgehead atoms. The molecule has 0 heterocycles. The zero-order valence-corrected chi connectivity index (χ0v) is 19.2. The Morgan fingerprint density at radius 3 is 2.03 bits per heavy atom. The van der Waals surface area contributed by atoms with Gasteiger partial charge in [-0.2, -0.15) is 5.10 Å². The third kappa shape index (κ3) is 5.45. The molecule has 0 radical (unpaired) electrons. The van der Waals surface area contributed by atoms with Crippen LogP contribution in [0.25, 0.3) is 0 Å². The Labute approximate surface area is 207 Å². The first-order chi connectivity index (χ1) is 17.5. The number of amides is 1. The highest BCUT2D eigenvalue weighted by Crippen LogP contribution is 2.30. The van der Waals surface area contributed by atoms with Gasteiger partial charge in [0.05, 0.1) is 11.1 Å². The predicted molar refractivity (Wildman–Crippen MR) is 135 cm³/mol. The van der Waals surface area contributed by atoms with Crippen molar-refractivity contribution in [3.8, 4) is 5.75 Å².